The molecule has 1 heterocycles. The van der Waals surface area contributed by atoms with Crippen LogP contribution in [0, 0.1) is 5.82 Å². The molecule has 1 aromatic carbocycles. The van der Waals surface area contributed by atoms with Crippen LogP contribution in [-0.2, 0) is 11.2 Å². The topological polar surface area (TPSA) is 75.2 Å². The molecule has 0 saturated carbocycles. The molecule has 6 heteroatoms. The molecule has 0 aliphatic carbocycles. The average molecular weight is 266 g/mol. The molecular formula is C13H15FN2O3. The highest BCUT2D eigenvalue weighted by molar-refractivity contribution is 6.00. The van der Waals surface area contributed by atoms with Crippen molar-refractivity contribution in [3.8, 4) is 0 Å². The predicted octanol–water partition coefficient (Wildman–Crippen LogP) is 2.37. The summed E-state index contributed by atoms with van der Waals surface area (Å²) in [6.07, 6.45) is 1.48. The lowest BCUT2D eigenvalue weighted by atomic mass is 10.2. The molecule has 102 valence electrons. The Kier molecular flexibility index (Phi) is 4.11. The maximum atomic E-state index is 13.3. The lowest BCUT2D eigenvalue weighted by Gasteiger charge is -1.98. The number of aromatic carboxylic acids is 1. The Balaban J connectivity index is 2.24. The van der Waals surface area contributed by atoms with Crippen LogP contribution in [0.5, 0.6) is 0 Å². The van der Waals surface area contributed by atoms with Crippen LogP contribution in [0.3, 0.4) is 0 Å². The minimum atomic E-state index is -1.19. The van der Waals surface area contributed by atoms with E-state index in [1.807, 2.05) is 6.92 Å². The number of fused-ring (bicyclic) bond motifs is 1. The number of nitrogens with zero attached hydrogens (tertiary/aromatic N) is 1. The van der Waals surface area contributed by atoms with Gasteiger partial charge in [0.25, 0.3) is 0 Å². The van der Waals surface area contributed by atoms with Gasteiger partial charge in [-0.1, -0.05) is 6.92 Å². The van der Waals surface area contributed by atoms with Crippen LogP contribution in [0.25, 0.3) is 11.0 Å². The molecule has 1 aromatic heterocycles. The van der Waals surface area contributed by atoms with E-state index in [0.717, 1.165) is 12.5 Å². The third-order valence-corrected chi connectivity index (χ3v) is 2.66. The van der Waals surface area contributed by atoms with Crippen molar-refractivity contribution < 1.29 is 19.0 Å². The Bertz CT molecular complexity index is 595. The van der Waals surface area contributed by atoms with E-state index < -0.39 is 11.8 Å². The summed E-state index contributed by atoms with van der Waals surface area (Å²) < 4.78 is 18.6. The zero-order valence-corrected chi connectivity index (χ0v) is 10.6. The average Bonchev–Trinajstić information content (AvgIpc) is 2.76. The van der Waals surface area contributed by atoms with Gasteiger partial charge in [-0.05, 0) is 18.6 Å². The molecule has 2 rings (SSSR count). The number of H-pyrrole nitrogens is 1. The van der Waals surface area contributed by atoms with E-state index in [-0.39, 0.29) is 11.1 Å². The second-order valence-electron chi connectivity index (χ2n) is 4.20. The lowest BCUT2D eigenvalue weighted by molar-refractivity contribution is 0.0698. The number of carbonyl (C=O) groups is 1. The Morgan fingerprint density at radius 3 is 2.95 bits per heavy atom. The number of hydrogen-bond acceptors (Lipinski definition) is 3. The zero-order valence-electron chi connectivity index (χ0n) is 10.6. The van der Waals surface area contributed by atoms with E-state index in [2.05, 4.69) is 9.97 Å². The number of halogens is 1. The molecule has 5 nitrogen and oxygen atoms in total. The molecule has 2 N–H and O–H groups in total. The largest absolute Gasteiger partial charge is 0.478 e. The predicted molar refractivity (Wildman–Crippen MR) is 67.8 cm³/mol. The first-order chi connectivity index (χ1) is 9.11. The lowest BCUT2D eigenvalue weighted by Crippen LogP contribution is -2.01. The van der Waals surface area contributed by atoms with Crippen molar-refractivity contribution >= 4 is 17.0 Å². The smallest absolute Gasteiger partial charge is 0.338 e. The van der Waals surface area contributed by atoms with Crippen molar-refractivity contribution in [3.05, 3.63) is 29.3 Å². The number of rotatable bonds is 6. The van der Waals surface area contributed by atoms with Crippen LogP contribution >= 0.6 is 0 Å². The standard InChI is InChI=1S/C13H15FN2O3/c1-2-4-19-5-3-11-15-10-7-8(14)6-9(13(17)18)12(10)16-11/h6-7H,2-5H2,1H3,(H,15,16)(H,17,18). The van der Waals surface area contributed by atoms with Gasteiger partial charge in [0.15, 0.2) is 0 Å². The van der Waals surface area contributed by atoms with Crippen molar-refractivity contribution in [2.75, 3.05) is 13.2 Å². The Hall–Kier alpha value is -1.95. The highest BCUT2D eigenvalue weighted by atomic mass is 19.1. The Morgan fingerprint density at radius 2 is 2.26 bits per heavy atom. The number of carboxylic acid groups (broad SMARTS) is 1. The summed E-state index contributed by atoms with van der Waals surface area (Å²) in [6, 6.07) is 2.22. The maximum absolute atomic E-state index is 13.3. The Labute approximate surface area is 109 Å². The molecule has 19 heavy (non-hydrogen) atoms. The minimum absolute atomic E-state index is 0.132. The third kappa shape index (κ3) is 3.08. The number of nitrogens with one attached hydrogen (secondary N) is 1. The van der Waals surface area contributed by atoms with Gasteiger partial charge in [-0.15, -0.1) is 0 Å². The van der Waals surface area contributed by atoms with E-state index in [9.17, 15) is 9.18 Å². The van der Waals surface area contributed by atoms with Gasteiger partial charge in [-0.25, -0.2) is 14.2 Å². The highest BCUT2D eigenvalue weighted by Gasteiger charge is 2.14. The van der Waals surface area contributed by atoms with Crippen molar-refractivity contribution in [1.82, 2.24) is 9.97 Å². The minimum Gasteiger partial charge on any atom is -0.478 e. The fraction of sp³-hybridized carbons (Fsp3) is 0.385. The number of ether oxygens (including phenoxy) is 1. The molecule has 0 aliphatic heterocycles. The maximum Gasteiger partial charge on any atom is 0.338 e. The quantitative estimate of drug-likeness (QED) is 0.787. The summed E-state index contributed by atoms with van der Waals surface area (Å²) >= 11 is 0. The van der Waals surface area contributed by atoms with E-state index in [1.54, 1.807) is 0 Å². The van der Waals surface area contributed by atoms with Gasteiger partial charge in [0.1, 0.15) is 17.2 Å². The van der Waals surface area contributed by atoms with E-state index >= 15 is 0 Å². The normalized spacial score (nSPS) is 11.1. The van der Waals surface area contributed by atoms with E-state index in [0.29, 0.717) is 31.0 Å². The molecule has 2 aromatic rings. The van der Waals surface area contributed by atoms with Crippen LogP contribution in [-0.4, -0.2) is 34.3 Å². The van der Waals surface area contributed by atoms with Crippen molar-refractivity contribution in [2.24, 2.45) is 0 Å². The molecule has 0 bridgehead atoms. The van der Waals surface area contributed by atoms with Crippen molar-refractivity contribution in [1.29, 1.82) is 0 Å². The van der Waals surface area contributed by atoms with Gasteiger partial charge < -0.3 is 14.8 Å². The Morgan fingerprint density at radius 1 is 1.47 bits per heavy atom. The van der Waals surface area contributed by atoms with Crippen LogP contribution < -0.4 is 0 Å². The number of aromatic amines is 1. The summed E-state index contributed by atoms with van der Waals surface area (Å²) in [5.41, 5.74) is 0.536. The number of imidazole rings is 1. The molecule has 0 unspecified atom stereocenters. The number of hydrogen-bond donors (Lipinski definition) is 2. The number of carboxylic acids is 1. The highest BCUT2D eigenvalue weighted by Crippen LogP contribution is 2.19. The molecule has 0 aliphatic rings. The molecule has 0 fully saturated rings. The van der Waals surface area contributed by atoms with Crippen molar-refractivity contribution in [2.45, 2.75) is 19.8 Å². The molecule has 0 radical (unpaired) electrons. The van der Waals surface area contributed by atoms with Crippen LogP contribution in [0.4, 0.5) is 4.39 Å². The van der Waals surface area contributed by atoms with Gasteiger partial charge in [0.2, 0.25) is 0 Å². The second-order valence-corrected chi connectivity index (χ2v) is 4.20. The first-order valence-electron chi connectivity index (χ1n) is 6.11. The molecule has 0 spiro atoms. The summed E-state index contributed by atoms with van der Waals surface area (Å²) in [6.45, 7) is 3.19. The zero-order chi connectivity index (χ0) is 13.8. The van der Waals surface area contributed by atoms with Gasteiger partial charge in [0, 0.05) is 13.0 Å². The van der Waals surface area contributed by atoms with Crippen molar-refractivity contribution in [3.63, 3.8) is 0 Å². The second kappa shape index (κ2) is 5.79. The van der Waals surface area contributed by atoms with Crippen LogP contribution in [0.2, 0.25) is 0 Å². The number of aromatic nitrogens is 2. The fourth-order valence-electron chi connectivity index (χ4n) is 1.83. The summed E-state index contributed by atoms with van der Waals surface area (Å²) in [4.78, 5) is 18.1. The van der Waals surface area contributed by atoms with Gasteiger partial charge in [-0.3, -0.25) is 0 Å². The van der Waals surface area contributed by atoms with E-state index in [1.165, 1.54) is 6.07 Å². The molecular weight excluding hydrogens is 251 g/mol. The first-order valence-corrected chi connectivity index (χ1v) is 6.11. The summed E-state index contributed by atoms with van der Waals surface area (Å²) in [5.74, 6) is -1.19. The monoisotopic (exact) mass is 266 g/mol. The summed E-state index contributed by atoms with van der Waals surface area (Å²) in [7, 11) is 0. The fourth-order valence-corrected chi connectivity index (χ4v) is 1.83. The summed E-state index contributed by atoms with van der Waals surface area (Å²) in [5, 5.41) is 9.02. The van der Waals surface area contributed by atoms with Gasteiger partial charge in [-0.2, -0.15) is 0 Å². The van der Waals surface area contributed by atoms with Crippen LogP contribution in [0.1, 0.15) is 29.5 Å². The molecule has 0 atom stereocenters. The van der Waals surface area contributed by atoms with E-state index in [4.69, 9.17) is 9.84 Å². The van der Waals surface area contributed by atoms with Crippen LogP contribution in [0.15, 0.2) is 12.1 Å². The van der Waals surface area contributed by atoms with Gasteiger partial charge >= 0.3 is 5.97 Å². The first kappa shape index (κ1) is 13.5. The van der Waals surface area contributed by atoms with Gasteiger partial charge in [0.05, 0.1) is 17.7 Å². The SMILES string of the molecule is CCCOCCc1nc2c(C(=O)O)cc(F)cc2[nH]1. The number of benzene rings is 1. The molecule has 0 saturated heterocycles. The third-order valence-electron chi connectivity index (χ3n) is 2.66. The molecule has 0 amide bonds.